The SMILES string of the molecule is Cc1ccc(NC(=O)COc2ccc(-c3ccccc3)cc2Br)c([N+](=O)[O-])c1. The van der Waals surface area contributed by atoms with Crippen LogP contribution in [0.25, 0.3) is 11.1 Å². The maximum atomic E-state index is 12.2. The summed E-state index contributed by atoms with van der Waals surface area (Å²) in [5.41, 5.74) is 2.81. The summed E-state index contributed by atoms with van der Waals surface area (Å²) in [6, 6.07) is 20.1. The highest BCUT2D eigenvalue weighted by Gasteiger charge is 2.16. The molecule has 0 unspecified atom stereocenters. The number of carbonyl (C=O) groups is 1. The number of nitro benzene ring substituents is 1. The lowest BCUT2D eigenvalue weighted by Crippen LogP contribution is -2.20. The number of aryl methyl sites for hydroxylation is 1. The van der Waals surface area contributed by atoms with Crippen LogP contribution >= 0.6 is 15.9 Å². The quantitative estimate of drug-likeness (QED) is 0.413. The van der Waals surface area contributed by atoms with Crippen molar-refractivity contribution in [2.45, 2.75) is 6.92 Å². The largest absolute Gasteiger partial charge is 0.483 e. The fourth-order valence-corrected chi connectivity index (χ4v) is 3.15. The summed E-state index contributed by atoms with van der Waals surface area (Å²) in [5.74, 6) is 0.0271. The Morgan fingerprint density at radius 2 is 1.82 bits per heavy atom. The molecule has 3 aromatic carbocycles. The molecule has 0 bridgehead atoms. The second kappa shape index (κ2) is 8.67. The highest BCUT2D eigenvalue weighted by atomic mass is 79.9. The highest BCUT2D eigenvalue weighted by molar-refractivity contribution is 9.10. The Hall–Kier alpha value is -3.19. The van der Waals surface area contributed by atoms with Crippen molar-refractivity contribution >= 4 is 33.2 Å². The lowest BCUT2D eigenvalue weighted by Gasteiger charge is -2.11. The Morgan fingerprint density at radius 3 is 2.50 bits per heavy atom. The van der Waals surface area contributed by atoms with Crippen molar-refractivity contribution < 1.29 is 14.5 Å². The van der Waals surface area contributed by atoms with E-state index in [-0.39, 0.29) is 18.0 Å². The first-order chi connectivity index (χ1) is 13.4. The number of nitrogens with zero attached hydrogens (tertiary/aromatic N) is 1. The van der Waals surface area contributed by atoms with Gasteiger partial charge in [0, 0.05) is 6.07 Å². The molecule has 1 amide bonds. The number of anilines is 1. The van der Waals surface area contributed by atoms with Crippen LogP contribution in [0, 0.1) is 17.0 Å². The maximum absolute atomic E-state index is 12.2. The third kappa shape index (κ3) is 4.75. The molecule has 6 nitrogen and oxygen atoms in total. The minimum Gasteiger partial charge on any atom is -0.483 e. The Labute approximate surface area is 170 Å². The van der Waals surface area contributed by atoms with Gasteiger partial charge in [-0.1, -0.05) is 42.5 Å². The topological polar surface area (TPSA) is 81.5 Å². The van der Waals surface area contributed by atoms with E-state index in [0.717, 1.165) is 16.7 Å². The molecule has 0 fully saturated rings. The number of nitrogens with one attached hydrogen (secondary N) is 1. The van der Waals surface area contributed by atoms with Crippen LogP contribution < -0.4 is 10.1 Å². The Morgan fingerprint density at radius 1 is 1.07 bits per heavy atom. The van der Waals surface area contributed by atoms with Gasteiger partial charge in [0.15, 0.2) is 6.61 Å². The molecule has 1 N–H and O–H groups in total. The Kier molecular flexibility index (Phi) is 6.06. The maximum Gasteiger partial charge on any atom is 0.293 e. The summed E-state index contributed by atoms with van der Waals surface area (Å²) in [7, 11) is 0. The number of hydrogen-bond acceptors (Lipinski definition) is 4. The number of amides is 1. The van der Waals surface area contributed by atoms with Crippen molar-refractivity contribution in [2.75, 3.05) is 11.9 Å². The summed E-state index contributed by atoms with van der Waals surface area (Å²) >= 11 is 3.45. The lowest BCUT2D eigenvalue weighted by molar-refractivity contribution is -0.384. The van der Waals surface area contributed by atoms with E-state index in [1.165, 1.54) is 12.1 Å². The highest BCUT2D eigenvalue weighted by Crippen LogP contribution is 2.31. The van der Waals surface area contributed by atoms with Gasteiger partial charge in [-0.3, -0.25) is 14.9 Å². The van der Waals surface area contributed by atoms with E-state index in [1.54, 1.807) is 19.1 Å². The average molecular weight is 441 g/mol. The second-order valence-corrected chi connectivity index (χ2v) is 6.98. The van der Waals surface area contributed by atoms with Crippen LogP contribution in [0.2, 0.25) is 0 Å². The van der Waals surface area contributed by atoms with Gasteiger partial charge < -0.3 is 10.1 Å². The summed E-state index contributed by atoms with van der Waals surface area (Å²) < 4.78 is 6.27. The smallest absolute Gasteiger partial charge is 0.293 e. The van der Waals surface area contributed by atoms with Crippen molar-refractivity contribution in [3.05, 3.63) is 86.9 Å². The first-order valence-corrected chi connectivity index (χ1v) is 9.26. The Balaban J connectivity index is 1.66. The van der Waals surface area contributed by atoms with Crippen LogP contribution in [0.5, 0.6) is 5.75 Å². The summed E-state index contributed by atoms with van der Waals surface area (Å²) in [5, 5.41) is 13.7. The fourth-order valence-electron chi connectivity index (χ4n) is 2.66. The van der Waals surface area contributed by atoms with Crippen molar-refractivity contribution in [1.82, 2.24) is 0 Å². The predicted octanol–water partition coefficient (Wildman–Crippen LogP) is 5.35. The number of hydrogen-bond donors (Lipinski definition) is 1. The minimum atomic E-state index is -0.525. The predicted molar refractivity (Wildman–Crippen MR) is 112 cm³/mol. The van der Waals surface area contributed by atoms with Crippen LogP contribution in [-0.4, -0.2) is 17.4 Å². The zero-order chi connectivity index (χ0) is 20.1. The number of benzene rings is 3. The molecular formula is C21H17BrN2O4. The first-order valence-electron chi connectivity index (χ1n) is 8.46. The van der Waals surface area contributed by atoms with E-state index >= 15 is 0 Å². The molecule has 0 saturated heterocycles. The summed E-state index contributed by atoms with van der Waals surface area (Å²) in [6.45, 7) is 1.48. The van der Waals surface area contributed by atoms with Gasteiger partial charge in [0.2, 0.25) is 0 Å². The molecule has 0 heterocycles. The first kappa shape index (κ1) is 19.6. The molecular weight excluding hydrogens is 424 g/mol. The lowest BCUT2D eigenvalue weighted by atomic mass is 10.1. The molecule has 0 aromatic heterocycles. The Bertz CT molecular complexity index is 1020. The fraction of sp³-hybridized carbons (Fsp3) is 0.0952. The van der Waals surface area contributed by atoms with Gasteiger partial charge in [0.25, 0.3) is 11.6 Å². The van der Waals surface area contributed by atoms with E-state index in [0.29, 0.717) is 10.2 Å². The number of nitro groups is 1. The van der Waals surface area contributed by atoms with Gasteiger partial charge in [0.1, 0.15) is 11.4 Å². The molecule has 0 saturated carbocycles. The van der Waals surface area contributed by atoms with E-state index in [9.17, 15) is 14.9 Å². The third-order valence-electron chi connectivity index (χ3n) is 4.02. The normalized spacial score (nSPS) is 10.4. The average Bonchev–Trinajstić information content (AvgIpc) is 2.69. The zero-order valence-electron chi connectivity index (χ0n) is 15.0. The van der Waals surface area contributed by atoms with Gasteiger partial charge in [-0.25, -0.2) is 0 Å². The summed E-state index contributed by atoms with van der Waals surface area (Å²) in [4.78, 5) is 22.8. The molecule has 0 radical (unpaired) electrons. The van der Waals surface area contributed by atoms with Crippen LogP contribution in [0.4, 0.5) is 11.4 Å². The van der Waals surface area contributed by atoms with Crippen molar-refractivity contribution in [3.63, 3.8) is 0 Å². The number of halogens is 1. The monoisotopic (exact) mass is 440 g/mol. The van der Waals surface area contributed by atoms with Crippen LogP contribution in [0.3, 0.4) is 0 Å². The molecule has 3 rings (SSSR count). The molecule has 0 atom stereocenters. The van der Waals surface area contributed by atoms with Crippen molar-refractivity contribution in [3.8, 4) is 16.9 Å². The van der Waals surface area contributed by atoms with Gasteiger partial charge in [0.05, 0.1) is 9.40 Å². The zero-order valence-corrected chi connectivity index (χ0v) is 16.6. The van der Waals surface area contributed by atoms with Crippen molar-refractivity contribution in [2.24, 2.45) is 0 Å². The van der Waals surface area contributed by atoms with E-state index in [4.69, 9.17) is 4.74 Å². The number of carbonyl (C=O) groups excluding carboxylic acids is 1. The molecule has 142 valence electrons. The van der Waals surface area contributed by atoms with Gasteiger partial charge in [-0.05, 0) is 57.7 Å². The third-order valence-corrected chi connectivity index (χ3v) is 4.64. The standard InChI is InChI=1S/C21H17BrN2O4/c1-14-7-9-18(19(11-14)24(26)27)23-21(25)13-28-20-10-8-16(12-17(20)22)15-5-3-2-4-6-15/h2-12H,13H2,1H3,(H,23,25). The van der Waals surface area contributed by atoms with Gasteiger partial charge in [-0.15, -0.1) is 0 Å². The molecule has 0 spiro atoms. The van der Waals surface area contributed by atoms with Crippen LogP contribution in [-0.2, 0) is 4.79 Å². The molecule has 3 aromatic rings. The van der Waals surface area contributed by atoms with E-state index in [1.807, 2.05) is 42.5 Å². The van der Waals surface area contributed by atoms with Crippen LogP contribution in [0.15, 0.2) is 71.2 Å². The molecule has 0 aliphatic carbocycles. The van der Waals surface area contributed by atoms with Gasteiger partial charge in [-0.2, -0.15) is 0 Å². The van der Waals surface area contributed by atoms with E-state index in [2.05, 4.69) is 21.2 Å². The van der Waals surface area contributed by atoms with Gasteiger partial charge >= 0.3 is 0 Å². The van der Waals surface area contributed by atoms with Crippen LogP contribution in [0.1, 0.15) is 5.56 Å². The summed E-state index contributed by atoms with van der Waals surface area (Å²) in [6.07, 6.45) is 0. The van der Waals surface area contributed by atoms with Crippen molar-refractivity contribution in [1.29, 1.82) is 0 Å². The minimum absolute atomic E-state index is 0.141. The van der Waals surface area contributed by atoms with E-state index < -0.39 is 10.8 Å². The number of ether oxygens (including phenoxy) is 1. The number of rotatable bonds is 6. The second-order valence-electron chi connectivity index (χ2n) is 6.13. The molecule has 7 heteroatoms. The molecule has 28 heavy (non-hydrogen) atoms. The molecule has 0 aliphatic rings. The molecule has 0 aliphatic heterocycles.